The number of amides is 1. The lowest BCUT2D eigenvalue weighted by atomic mass is 9.98. The van der Waals surface area contributed by atoms with Crippen LogP contribution >= 0.6 is 0 Å². The van der Waals surface area contributed by atoms with Gasteiger partial charge in [-0.05, 0) is 61.8 Å². The molecule has 26 heavy (non-hydrogen) atoms. The Balaban J connectivity index is 1.76. The topological polar surface area (TPSA) is 88.4 Å². The first-order valence-electron chi connectivity index (χ1n) is 8.96. The van der Waals surface area contributed by atoms with Crippen molar-refractivity contribution in [2.75, 3.05) is 13.2 Å². The summed E-state index contributed by atoms with van der Waals surface area (Å²) in [7, 11) is 0. The van der Waals surface area contributed by atoms with E-state index in [-0.39, 0.29) is 6.61 Å². The van der Waals surface area contributed by atoms with E-state index in [0.717, 1.165) is 18.4 Å². The molecule has 2 rings (SSSR count). The molecule has 0 atom stereocenters. The van der Waals surface area contributed by atoms with Crippen molar-refractivity contribution in [3.05, 3.63) is 29.3 Å². The Morgan fingerprint density at radius 1 is 1.27 bits per heavy atom. The number of rotatable bonds is 7. The van der Waals surface area contributed by atoms with Crippen molar-refractivity contribution < 1.29 is 19.1 Å². The van der Waals surface area contributed by atoms with Crippen LogP contribution in [-0.2, 0) is 14.3 Å². The quantitative estimate of drug-likeness (QED) is 0.757. The van der Waals surface area contributed by atoms with E-state index in [1.807, 2.05) is 25.1 Å². The molecule has 1 aromatic rings. The van der Waals surface area contributed by atoms with E-state index >= 15 is 0 Å². The summed E-state index contributed by atoms with van der Waals surface area (Å²) in [6.07, 6.45) is 3.10. The maximum absolute atomic E-state index is 11.9. The minimum absolute atomic E-state index is 0.267. The van der Waals surface area contributed by atoms with Gasteiger partial charge in [-0.25, -0.2) is 4.79 Å². The minimum atomic E-state index is -0.810. The third-order valence-electron chi connectivity index (χ3n) is 4.63. The first-order valence-corrected chi connectivity index (χ1v) is 8.96. The van der Waals surface area contributed by atoms with Crippen molar-refractivity contribution in [2.24, 2.45) is 0 Å². The Hall–Kier alpha value is -2.55. The van der Waals surface area contributed by atoms with Gasteiger partial charge in [-0.3, -0.25) is 4.79 Å². The molecule has 0 saturated heterocycles. The third kappa shape index (κ3) is 5.22. The summed E-state index contributed by atoms with van der Waals surface area (Å²) in [5.74, 6) is -0.0751. The fourth-order valence-electron chi connectivity index (χ4n) is 3.26. The van der Waals surface area contributed by atoms with E-state index in [9.17, 15) is 14.9 Å². The maximum Gasteiger partial charge on any atom is 0.344 e. The van der Waals surface area contributed by atoms with Gasteiger partial charge < -0.3 is 14.8 Å². The van der Waals surface area contributed by atoms with E-state index in [4.69, 9.17) is 9.47 Å². The molecule has 1 aliphatic rings. The summed E-state index contributed by atoms with van der Waals surface area (Å²) in [5.41, 5.74) is 1.52. The molecule has 1 amide bonds. The number of nitrogens with one attached hydrogen (secondary N) is 1. The van der Waals surface area contributed by atoms with Crippen LogP contribution in [0.2, 0.25) is 0 Å². The average Bonchev–Trinajstić information content (AvgIpc) is 3.07. The highest BCUT2D eigenvalue weighted by Crippen LogP contribution is 2.28. The van der Waals surface area contributed by atoms with Crippen molar-refractivity contribution in [1.82, 2.24) is 5.32 Å². The van der Waals surface area contributed by atoms with Crippen LogP contribution in [0, 0.1) is 18.3 Å². The summed E-state index contributed by atoms with van der Waals surface area (Å²) in [4.78, 5) is 23.7. The molecule has 1 N–H and O–H groups in total. The average molecular weight is 358 g/mol. The number of hydrogen-bond donors (Lipinski definition) is 1. The monoisotopic (exact) mass is 358 g/mol. The van der Waals surface area contributed by atoms with Crippen molar-refractivity contribution in [1.29, 1.82) is 5.26 Å². The predicted octanol–water partition coefficient (Wildman–Crippen LogP) is 2.99. The summed E-state index contributed by atoms with van der Waals surface area (Å²) >= 11 is 0. The first kappa shape index (κ1) is 19.8. The molecule has 0 unspecified atom stereocenters. The van der Waals surface area contributed by atoms with Gasteiger partial charge in [0.1, 0.15) is 11.3 Å². The molecule has 6 heteroatoms. The number of aryl methyl sites for hydroxylation is 1. The van der Waals surface area contributed by atoms with Crippen LogP contribution in [0.15, 0.2) is 18.2 Å². The zero-order valence-electron chi connectivity index (χ0n) is 15.6. The molecule has 0 heterocycles. The van der Waals surface area contributed by atoms with Gasteiger partial charge in [0, 0.05) is 0 Å². The first-order chi connectivity index (χ1) is 12.3. The molecule has 1 fully saturated rings. The van der Waals surface area contributed by atoms with Crippen LogP contribution in [0.1, 0.15) is 56.6 Å². The van der Waals surface area contributed by atoms with Crippen molar-refractivity contribution in [2.45, 2.75) is 57.9 Å². The van der Waals surface area contributed by atoms with Gasteiger partial charge in [0.15, 0.2) is 13.2 Å². The summed E-state index contributed by atoms with van der Waals surface area (Å²) in [6.45, 7) is 5.56. The molecule has 1 aliphatic carbocycles. The summed E-state index contributed by atoms with van der Waals surface area (Å²) in [6, 6.07) is 7.85. The Morgan fingerprint density at radius 2 is 1.96 bits per heavy atom. The van der Waals surface area contributed by atoms with Crippen LogP contribution in [-0.4, -0.2) is 30.6 Å². The minimum Gasteiger partial charge on any atom is -0.482 e. The van der Waals surface area contributed by atoms with Gasteiger partial charge in [0.25, 0.3) is 5.91 Å². The number of carbonyl (C=O) groups is 2. The highest BCUT2D eigenvalue weighted by atomic mass is 16.6. The summed E-state index contributed by atoms with van der Waals surface area (Å²) < 4.78 is 10.4. The van der Waals surface area contributed by atoms with Crippen molar-refractivity contribution >= 4 is 11.9 Å². The Labute approximate surface area is 154 Å². The van der Waals surface area contributed by atoms with E-state index in [1.54, 1.807) is 0 Å². The number of ether oxygens (including phenoxy) is 2. The molecule has 1 saturated carbocycles. The highest BCUT2D eigenvalue weighted by Gasteiger charge is 2.35. The number of nitrogens with zero attached hydrogens (tertiary/aromatic N) is 1. The second-order valence-electron chi connectivity index (χ2n) is 7.07. The number of esters is 1. The van der Waals surface area contributed by atoms with Gasteiger partial charge in [0.2, 0.25) is 0 Å². The van der Waals surface area contributed by atoms with Gasteiger partial charge in [-0.1, -0.05) is 19.9 Å². The normalized spacial score (nSPS) is 15.3. The lowest BCUT2D eigenvalue weighted by molar-refractivity contribution is -0.150. The van der Waals surface area contributed by atoms with Gasteiger partial charge in [-0.15, -0.1) is 0 Å². The zero-order chi connectivity index (χ0) is 19.2. The van der Waals surface area contributed by atoms with Crippen LogP contribution < -0.4 is 10.1 Å². The van der Waals surface area contributed by atoms with E-state index < -0.39 is 24.0 Å². The molecule has 0 radical (unpaired) electrons. The number of hydrogen-bond acceptors (Lipinski definition) is 5. The largest absolute Gasteiger partial charge is 0.482 e. The molecule has 0 aromatic heterocycles. The van der Waals surface area contributed by atoms with Crippen LogP contribution in [0.5, 0.6) is 5.75 Å². The Morgan fingerprint density at radius 3 is 2.54 bits per heavy atom. The summed E-state index contributed by atoms with van der Waals surface area (Å²) in [5, 5.41) is 11.9. The van der Waals surface area contributed by atoms with Crippen molar-refractivity contribution in [3.63, 3.8) is 0 Å². The van der Waals surface area contributed by atoms with E-state index in [0.29, 0.717) is 24.5 Å². The molecule has 0 aliphatic heterocycles. The Bertz CT molecular complexity index is 700. The van der Waals surface area contributed by atoms with Crippen LogP contribution in [0.4, 0.5) is 0 Å². The molecular formula is C20H26N2O4. The molecule has 140 valence electrons. The lowest BCUT2D eigenvalue weighted by Gasteiger charge is -2.21. The molecule has 0 bridgehead atoms. The number of carbonyl (C=O) groups excluding carboxylic acids is 2. The number of benzene rings is 1. The highest BCUT2D eigenvalue weighted by molar-refractivity contribution is 5.81. The Kier molecular flexibility index (Phi) is 6.62. The molecule has 0 spiro atoms. The molecular weight excluding hydrogens is 332 g/mol. The molecule has 6 nitrogen and oxygen atoms in total. The lowest BCUT2D eigenvalue weighted by Crippen LogP contribution is -2.46. The van der Waals surface area contributed by atoms with E-state index in [2.05, 4.69) is 25.2 Å². The third-order valence-corrected chi connectivity index (χ3v) is 4.63. The molecule has 1 aromatic carbocycles. The van der Waals surface area contributed by atoms with Crippen LogP contribution in [0.25, 0.3) is 0 Å². The SMILES string of the molecule is Cc1cc(OCC(=O)OCC(=O)NC2(C#N)CCCC2)ccc1C(C)C. The fraction of sp³-hybridized carbons (Fsp3) is 0.550. The number of nitriles is 1. The fourth-order valence-corrected chi connectivity index (χ4v) is 3.26. The second-order valence-corrected chi connectivity index (χ2v) is 7.07. The van der Waals surface area contributed by atoms with Gasteiger partial charge in [0.05, 0.1) is 6.07 Å². The van der Waals surface area contributed by atoms with Gasteiger partial charge in [-0.2, -0.15) is 5.26 Å². The maximum atomic E-state index is 11.9. The smallest absolute Gasteiger partial charge is 0.344 e. The van der Waals surface area contributed by atoms with Crippen LogP contribution in [0.3, 0.4) is 0 Å². The van der Waals surface area contributed by atoms with Crippen molar-refractivity contribution in [3.8, 4) is 11.8 Å². The second kappa shape index (κ2) is 8.70. The zero-order valence-corrected chi connectivity index (χ0v) is 15.6. The standard InChI is InChI=1S/C20H26N2O4/c1-14(2)17-7-6-16(10-15(17)3)25-12-19(24)26-11-18(23)22-20(13-21)8-4-5-9-20/h6-7,10,14H,4-5,8-9,11-12H2,1-3H3,(H,22,23). The van der Waals surface area contributed by atoms with Gasteiger partial charge >= 0.3 is 5.97 Å². The predicted molar refractivity (Wildman–Crippen MR) is 96.7 cm³/mol. The van der Waals surface area contributed by atoms with E-state index in [1.165, 1.54) is 5.56 Å².